The number of rotatable bonds is 4. The Balaban J connectivity index is 1.50. The Bertz CT molecular complexity index is 1570. The second-order valence-corrected chi connectivity index (χ2v) is 10.4. The zero-order valence-corrected chi connectivity index (χ0v) is 19.0. The molecule has 5 rings (SSSR count). The molecule has 1 aliphatic rings. The monoisotopic (exact) mass is 465 g/mol. The molecule has 32 heavy (non-hydrogen) atoms. The van der Waals surface area contributed by atoms with E-state index in [1.54, 1.807) is 12.1 Å². The lowest BCUT2D eigenvalue weighted by Gasteiger charge is -2.15. The van der Waals surface area contributed by atoms with E-state index in [1.165, 1.54) is 39.9 Å². The van der Waals surface area contributed by atoms with E-state index in [9.17, 15) is 18.0 Å². The Morgan fingerprint density at radius 3 is 2.50 bits per heavy atom. The van der Waals surface area contributed by atoms with Crippen molar-refractivity contribution in [2.75, 3.05) is 6.54 Å². The van der Waals surface area contributed by atoms with Crippen LogP contribution in [0.4, 0.5) is 0 Å². The van der Waals surface area contributed by atoms with Crippen LogP contribution in [0, 0.1) is 13.8 Å². The summed E-state index contributed by atoms with van der Waals surface area (Å²) in [5.74, 6) is -0.575. The van der Waals surface area contributed by atoms with Crippen LogP contribution < -0.4 is 5.56 Å². The number of carbonyl (C=O) groups excluding carboxylic acids is 1. The fraction of sp³-hybridized carbons (Fsp3) is 0.174. The highest BCUT2D eigenvalue weighted by molar-refractivity contribution is 7.90. The molecule has 0 saturated carbocycles. The van der Waals surface area contributed by atoms with Gasteiger partial charge in [0.2, 0.25) is 0 Å². The number of nitrogens with zero attached hydrogens (tertiary/aromatic N) is 3. The Kier molecular flexibility index (Phi) is 4.75. The molecule has 2 aromatic carbocycles. The Hall–Kier alpha value is -3.30. The maximum atomic E-state index is 13.3. The molecule has 0 aliphatic carbocycles. The van der Waals surface area contributed by atoms with E-state index >= 15 is 0 Å². The molecule has 3 heterocycles. The van der Waals surface area contributed by atoms with Crippen molar-refractivity contribution < 1.29 is 13.2 Å². The van der Waals surface area contributed by atoms with E-state index in [0.717, 1.165) is 21.0 Å². The highest BCUT2D eigenvalue weighted by Crippen LogP contribution is 2.32. The molecule has 0 spiro atoms. The van der Waals surface area contributed by atoms with Crippen LogP contribution in [0.1, 0.15) is 21.5 Å². The zero-order valence-electron chi connectivity index (χ0n) is 17.4. The van der Waals surface area contributed by atoms with Gasteiger partial charge in [0.05, 0.1) is 23.8 Å². The van der Waals surface area contributed by atoms with E-state index in [-0.39, 0.29) is 29.1 Å². The maximum Gasteiger partial charge on any atom is 0.269 e. The average Bonchev–Trinajstić information content (AvgIpc) is 3.29. The van der Waals surface area contributed by atoms with Gasteiger partial charge < -0.3 is 0 Å². The normalized spacial score (nSPS) is 14.8. The van der Waals surface area contributed by atoms with Crippen molar-refractivity contribution in [1.82, 2.24) is 13.9 Å². The summed E-state index contributed by atoms with van der Waals surface area (Å²) < 4.78 is 27.7. The molecule has 0 bridgehead atoms. The van der Waals surface area contributed by atoms with E-state index in [4.69, 9.17) is 0 Å². The smallest absolute Gasteiger partial charge is 0.269 e. The second-order valence-electron chi connectivity index (χ2n) is 7.75. The Morgan fingerprint density at radius 2 is 1.75 bits per heavy atom. The number of hydrogen-bond donors (Lipinski definition) is 0. The lowest BCUT2D eigenvalue weighted by Crippen LogP contribution is -2.35. The average molecular weight is 466 g/mol. The minimum absolute atomic E-state index is 0.000728. The van der Waals surface area contributed by atoms with Crippen LogP contribution in [0.3, 0.4) is 0 Å². The third-order valence-electron chi connectivity index (χ3n) is 5.83. The van der Waals surface area contributed by atoms with Crippen LogP contribution in [-0.2, 0) is 16.6 Å². The van der Waals surface area contributed by atoms with E-state index in [0.29, 0.717) is 10.2 Å². The molecule has 9 heteroatoms. The summed E-state index contributed by atoms with van der Waals surface area (Å²) in [6, 6.07) is 12.2. The fourth-order valence-corrected chi connectivity index (χ4v) is 6.37. The van der Waals surface area contributed by atoms with Crippen molar-refractivity contribution in [3.8, 4) is 11.1 Å². The molecule has 7 nitrogen and oxygen atoms in total. The van der Waals surface area contributed by atoms with E-state index in [1.807, 2.05) is 37.4 Å². The summed E-state index contributed by atoms with van der Waals surface area (Å²) in [5.41, 5.74) is 3.93. The van der Waals surface area contributed by atoms with Gasteiger partial charge in [0.25, 0.3) is 21.5 Å². The first kappa shape index (κ1) is 20.6. The first-order valence-corrected chi connectivity index (χ1v) is 12.3. The van der Waals surface area contributed by atoms with Gasteiger partial charge in [0, 0.05) is 17.5 Å². The van der Waals surface area contributed by atoms with Gasteiger partial charge in [-0.2, -0.15) is 0 Å². The number of sulfonamides is 1. The van der Waals surface area contributed by atoms with Crippen molar-refractivity contribution in [3.63, 3.8) is 0 Å². The van der Waals surface area contributed by atoms with Crippen LogP contribution in [0.25, 0.3) is 21.3 Å². The largest absolute Gasteiger partial charge is 0.297 e. The standard InChI is InChI=1S/C23H19N3O4S2/c1-14-7-8-16(11-15(14)2)18-12-31-21-20(18)23(28)25(13-24-21)9-10-26-22(27)17-5-3-4-6-19(17)32(26,29)30/h3-8,11-13H,9-10H2,1-2H3. The predicted molar refractivity (Wildman–Crippen MR) is 123 cm³/mol. The van der Waals surface area contributed by atoms with Gasteiger partial charge >= 0.3 is 0 Å². The van der Waals surface area contributed by atoms with E-state index in [2.05, 4.69) is 4.98 Å². The molecule has 0 saturated heterocycles. The third kappa shape index (κ3) is 3.08. The van der Waals surface area contributed by atoms with Gasteiger partial charge in [-0.25, -0.2) is 17.7 Å². The minimum atomic E-state index is -3.92. The number of aryl methyl sites for hydroxylation is 2. The molecule has 0 fully saturated rings. The van der Waals surface area contributed by atoms with Gasteiger partial charge in [-0.05, 0) is 42.7 Å². The molecule has 0 N–H and O–H groups in total. The highest BCUT2D eigenvalue weighted by Gasteiger charge is 2.40. The van der Waals surface area contributed by atoms with Crippen molar-refractivity contribution in [1.29, 1.82) is 0 Å². The topological polar surface area (TPSA) is 89.3 Å². The number of aromatic nitrogens is 2. The molecule has 0 atom stereocenters. The number of thiophene rings is 1. The quantitative estimate of drug-likeness (QED) is 0.460. The lowest BCUT2D eigenvalue weighted by molar-refractivity contribution is 0.0868. The van der Waals surface area contributed by atoms with Gasteiger partial charge in [-0.3, -0.25) is 14.2 Å². The number of fused-ring (bicyclic) bond motifs is 2. The maximum absolute atomic E-state index is 13.3. The molecular weight excluding hydrogens is 446 g/mol. The van der Waals surface area contributed by atoms with Gasteiger partial charge in [-0.1, -0.05) is 30.3 Å². The molecule has 4 aromatic rings. The molecule has 0 radical (unpaired) electrons. The van der Waals surface area contributed by atoms with Gasteiger partial charge in [-0.15, -0.1) is 11.3 Å². The minimum Gasteiger partial charge on any atom is -0.297 e. The van der Waals surface area contributed by atoms with Crippen molar-refractivity contribution in [2.24, 2.45) is 0 Å². The number of carbonyl (C=O) groups is 1. The van der Waals surface area contributed by atoms with Crippen LogP contribution in [-0.4, -0.2) is 34.7 Å². The summed E-state index contributed by atoms with van der Waals surface area (Å²) in [7, 11) is -3.92. The summed E-state index contributed by atoms with van der Waals surface area (Å²) in [6.45, 7) is 3.93. The molecule has 2 aromatic heterocycles. The number of benzene rings is 2. The Morgan fingerprint density at radius 1 is 0.969 bits per heavy atom. The third-order valence-corrected chi connectivity index (χ3v) is 8.56. The van der Waals surface area contributed by atoms with Crippen molar-refractivity contribution in [3.05, 3.63) is 81.2 Å². The molecular formula is C23H19N3O4S2. The van der Waals surface area contributed by atoms with Crippen LogP contribution in [0.5, 0.6) is 0 Å². The van der Waals surface area contributed by atoms with Crippen molar-refractivity contribution >= 4 is 37.5 Å². The lowest BCUT2D eigenvalue weighted by atomic mass is 10.0. The predicted octanol–water partition coefficient (Wildman–Crippen LogP) is 3.59. The van der Waals surface area contributed by atoms with Crippen LogP contribution in [0.15, 0.2) is 63.9 Å². The zero-order chi connectivity index (χ0) is 22.6. The SMILES string of the molecule is Cc1ccc(-c2csc3ncn(CCN4C(=O)c5ccccc5S4(=O)=O)c(=O)c23)cc1C. The summed E-state index contributed by atoms with van der Waals surface area (Å²) >= 11 is 1.39. The molecule has 0 unspecified atom stereocenters. The molecule has 162 valence electrons. The Labute approximate surface area is 188 Å². The second kappa shape index (κ2) is 7.39. The van der Waals surface area contributed by atoms with Gasteiger partial charge in [0.1, 0.15) is 9.73 Å². The number of hydrogen-bond acceptors (Lipinski definition) is 6. The van der Waals surface area contributed by atoms with Crippen molar-refractivity contribution in [2.45, 2.75) is 25.3 Å². The summed E-state index contributed by atoms with van der Waals surface area (Å²) in [5, 5.41) is 2.41. The summed E-state index contributed by atoms with van der Waals surface area (Å²) in [6.07, 6.45) is 1.41. The fourth-order valence-electron chi connectivity index (χ4n) is 3.90. The molecule has 1 aliphatic heterocycles. The van der Waals surface area contributed by atoms with Crippen LogP contribution in [0.2, 0.25) is 0 Å². The molecule has 1 amide bonds. The summed E-state index contributed by atoms with van der Waals surface area (Å²) in [4.78, 5) is 30.9. The first-order valence-electron chi connectivity index (χ1n) is 9.99. The van der Waals surface area contributed by atoms with E-state index < -0.39 is 15.9 Å². The first-order chi connectivity index (χ1) is 15.3. The highest BCUT2D eigenvalue weighted by atomic mass is 32.2. The van der Waals surface area contributed by atoms with Crippen LogP contribution >= 0.6 is 11.3 Å². The number of amides is 1. The van der Waals surface area contributed by atoms with Gasteiger partial charge in [0.15, 0.2) is 0 Å².